The Labute approximate surface area is 632 Å². The quantitative estimate of drug-likeness (QED) is 0.0935. The van der Waals surface area contributed by atoms with E-state index in [9.17, 15) is 102 Å². The van der Waals surface area contributed by atoms with Crippen molar-refractivity contribution in [3.05, 3.63) is 145 Å². The van der Waals surface area contributed by atoms with Crippen molar-refractivity contribution < 1.29 is 149 Å². The first-order valence-corrected chi connectivity index (χ1v) is 37.1. The van der Waals surface area contributed by atoms with Gasteiger partial charge in [0.05, 0.1) is 106 Å². The van der Waals surface area contributed by atoms with Crippen LogP contribution in [0.1, 0.15) is 103 Å². The van der Waals surface area contributed by atoms with Crippen LogP contribution in [0.15, 0.2) is 134 Å². The van der Waals surface area contributed by atoms with E-state index in [1.165, 1.54) is 19.1 Å². The minimum absolute atomic E-state index is 0.133. The second-order valence-corrected chi connectivity index (χ2v) is 29.2. The predicted octanol–water partition coefficient (Wildman–Crippen LogP) is -0.584. The van der Waals surface area contributed by atoms with Crippen LogP contribution in [0.5, 0.6) is 0 Å². The van der Waals surface area contributed by atoms with Crippen molar-refractivity contribution in [3.63, 3.8) is 0 Å². The van der Waals surface area contributed by atoms with Gasteiger partial charge in [-0.25, -0.2) is 4.79 Å². The molecule has 0 spiro atoms. The number of fused-ring (bicyclic) bond motifs is 5. The summed E-state index contributed by atoms with van der Waals surface area (Å²) in [6, 6.07) is 13.8. The van der Waals surface area contributed by atoms with Crippen molar-refractivity contribution in [2.75, 3.05) is 33.0 Å². The number of amides is 1. The zero-order chi connectivity index (χ0) is 79.4. The molecule has 4 saturated heterocycles. The molecular formula is C78H111NO30. The highest BCUT2D eigenvalue weighted by molar-refractivity contribution is 5.83. The van der Waals surface area contributed by atoms with Crippen LogP contribution in [0, 0.1) is 23.7 Å². The summed E-state index contributed by atoms with van der Waals surface area (Å²) in [5.74, 6) is -8.54. The minimum atomic E-state index is -2.60. The Bertz CT molecular complexity index is 3300. The van der Waals surface area contributed by atoms with Crippen molar-refractivity contribution in [2.24, 2.45) is 23.7 Å². The maximum absolute atomic E-state index is 15.4. The van der Waals surface area contributed by atoms with Crippen molar-refractivity contribution in [1.82, 2.24) is 5.32 Å². The number of allylic oxidation sites excluding steroid dienone is 12. The summed E-state index contributed by atoms with van der Waals surface area (Å²) >= 11 is 0. The van der Waals surface area contributed by atoms with Crippen LogP contribution in [0.3, 0.4) is 0 Å². The van der Waals surface area contributed by atoms with E-state index in [1.54, 1.807) is 93.7 Å². The van der Waals surface area contributed by atoms with Crippen LogP contribution >= 0.6 is 0 Å². The molecule has 2 aromatic carbocycles. The number of hydrogen-bond acceptors (Lipinski definition) is 30. The van der Waals surface area contributed by atoms with Gasteiger partial charge in [-0.1, -0.05) is 147 Å². The van der Waals surface area contributed by atoms with Gasteiger partial charge in [-0.05, 0) is 55.4 Å². The van der Waals surface area contributed by atoms with Gasteiger partial charge in [0.15, 0.2) is 24.7 Å². The Morgan fingerprint density at radius 2 is 1.07 bits per heavy atom. The van der Waals surface area contributed by atoms with Gasteiger partial charge in [-0.2, -0.15) is 0 Å². The third kappa shape index (κ3) is 24.5. The average molecular weight is 1540 g/mol. The summed E-state index contributed by atoms with van der Waals surface area (Å²) in [5, 5.41) is 202. The molecule has 0 saturated carbocycles. The molecule has 608 valence electrons. The van der Waals surface area contributed by atoms with Gasteiger partial charge in [0.1, 0.15) is 79.5 Å². The second-order valence-electron chi connectivity index (χ2n) is 29.2. The van der Waals surface area contributed by atoms with Crippen LogP contribution < -0.4 is 5.32 Å². The molecule has 2 bridgehead atoms. The SMILES string of the molecule is C[C@@H]1[C@H](O)[C@@H](C)C=CC=CC=CC=CC=CC=CC=C[C@H](O[C@@H]2O[C@H](C)[C@@H](O)[C@H](NC(=O)OCC3c4ccccc4-c4ccccc43)[C@@H]2O)C[C@@H]2O[C@](O)(C[C@@H](O)C[C@@H](O)[C@H](O)CC[C@@H](O)C[C@@H](O)CC(=O)O[C@H]1C)C[C@H](O)[C@H]2C(=O)CC(CO[C@H]1O[C@H](CO)[C@@H](O)[C@H](O)[C@@H]1O)CO[C@H]1O[C@H](CO)[C@@H](O)[C@H](O)[C@@H]1O. The Morgan fingerprint density at radius 3 is 1.62 bits per heavy atom. The molecule has 29 atom stereocenters. The molecule has 0 unspecified atom stereocenters. The largest absolute Gasteiger partial charge is 0.462 e. The number of rotatable bonds is 16. The van der Waals surface area contributed by atoms with E-state index in [2.05, 4.69) is 5.32 Å². The number of carbonyl (C=O) groups is 3. The van der Waals surface area contributed by atoms with Crippen LogP contribution in [-0.2, 0) is 52.2 Å². The van der Waals surface area contributed by atoms with Gasteiger partial charge in [-0.3, -0.25) is 9.59 Å². The van der Waals surface area contributed by atoms with E-state index in [0.29, 0.717) is 0 Å². The topological polar surface area (TPSA) is 510 Å². The zero-order valence-corrected chi connectivity index (χ0v) is 61.4. The molecule has 31 heteroatoms. The second kappa shape index (κ2) is 42.2. The molecule has 2 aromatic rings. The van der Waals surface area contributed by atoms with Crippen LogP contribution in [0.25, 0.3) is 11.1 Å². The number of aliphatic hydroxyl groups excluding tert-OH is 17. The van der Waals surface area contributed by atoms with Crippen LogP contribution in [-0.4, -0.2) is 302 Å². The molecule has 0 aromatic heterocycles. The monoisotopic (exact) mass is 1540 g/mol. The number of alkyl carbamates (subject to hydrolysis) is 1. The van der Waals surface area contributed by atoms with Crippen LogP contribution in [0.4, 0.5) is 4.79 Å². The van der Waals surface area contributed by atoms with Gasteiger partial charge < -0.3 is 140 Å². The number of cyclic esters (lactones) is 1. The molecule has 109 heavy (non-hydrogen) atoms. The lowest BCUT2D eigenvalue weighted by Crippen LogP contribution is -2.64. The first-order valence-electron chi connectivity index (χ1n) is 37.1. The summed E-state index contributed by atoms with van der Waals surface area (Å²) in [6.07, 6.45) is -21.1. The van der Waals surface area contributed by atoms with Crippen molar-refractivity contribution in [1.29, 1.82) is 0 Å². The van der Waals surface area contributed by atoms with E-state index in [-0.39, 0.29) is 37.7 Å². The standard InChI is InChI=1S/C78H111NO30/c1-41-21-15-13-11-9-7-5-6-8-10-12-14-16-22-49(106-76-69(94)64(66(91)44(4)105-76)79-77(99)103-40-54-52-25-19-17-23-50(52)51-24-18-20-26-53(51)54)33-59-63(57(87)29-45(38-101-74-72(97)70(95)67(92)60(36-80)107-74)39-102-75-73(98)71(96)68(93)61(37-81)108-75)58(88)35-78(100,109-59)34-48(84)31-56(86)55(85)28-27-46(82)30-47(83)32-62(89)104-43(3)42(2)65(41)90/h5-26,41-49,54-56,58-61,63-76,80-86,88,90-98,100H,27-40H2,1-4H3,(H,79,99)/t41-,42-,43-,44+,46+,47+,48-,49-,55+,56+,58-,59-,60+,61+,63+,64-,65+,66+,67+,68+,69-,70-,71-,72-,73-,74-,75-,76-,78+/m0/s1. The van der Waals surface area contributed by atoms with E-state index in [1.807, 2.05) is 48.5 Å². The van der Waals surface area contributed by atoms with E-state index >= 15 is 4.79 Å². The zero-order valence-electron chi connectivity index (χ0n) is 61.4. The van der Waals surface area contributed by atoms with Gasteiger partial charge >= 0.3 is 12.1 Å². The molecule has 5 heterocycles. The third-order valence-electron chi connectivity index (χ3n) is 20.9. The summed E-state index contributed by atoms with van der Waals surface area (Å²) < 4.78 is 53.3. The molecule has 19 N–H and O–H groups in total. The first-order chi connectivity index (χ1) is 51.9. The fourth-order valence-electron chi connectivity index (χ4n) is 14.4. The molecule has 5 aliphatic heterocycles. The van der Waals surface area contributed by atoms with Gasteiger partial charge in [0.2, 0.25) is 0 Å². The smallest absolute Gasteiger partial charge is 0.407 e. The highest BCUT2D eigenvalue weighted by Gasteiger charge is 2.53. The molecule has 0 radical (unpaired) electrons. The molecule has 31 nitrogen and oxygen atoms in total. The number of hydrogen-bond donors (Lipinski definition) is 19. The molecule has 4 fully saturated rings. The van der Waals surface area contributed by atoms with Crippen molar-refractivity contribution >= 4 is 17.8 Å². The number of ketones is 1. The summed E-state index contributed by atoms with van der Waals surface area (Å²) in [4.78, 5) is 42.2. The molecule has 8 rings (SSSR count). The van der Waals surface area contributed by atoms with Gasteiger partial charge in [0, 0.05) is 55.8 Å². The number of esters is 1. The lowest BCUT2D eigenvalue weighted by atomic mass is 9.78. The Balaban J connectivity index is 1.10. The lowest BCUT2D eigenvalue weighted by Gasteiger charge is -2.46. The summed E-state index contributed by atoms with van der Waals surface area (Å²) in [7, 11) is 0. The maximum Gasteiger partial charge on any atom is 0.407 e. The Morgan fingerprint density at radius 1 is 0.541 bits per heavy atom. The van der Waals surface area contributed by atoms with E-state index in [4.69, 9.17) is 42.6 Å². The van der Waals surface area contributed by atoms with Crippen molar-refractivity contribution in [2.45, 2.75) is 250 Å². The van der Waals surface area contributed by atoms with Crippen LogP contribution in [0.2, 0.25) is 0 Å². The number of carbonyl (C=O) groups excluding carboxylic acids is 3. The highest BCUT2D eigenvalue weighted by Crippen LogP contribution is 2.45. The fraction of sp³-hybridized carbons (Fsp3) is 0.628. The lowest BCUT2D eigenvalue weighted by molar-refractivity contribution is -0.313. The summed E-state index contributed by atoms with van der Waals surface area (Å²) in [5.41, 5.74) is 3.77. The Hall–Kier alpha value is -5.97. The van der Waals surface area contributed by atoms with Crippen molar-refractivity contribution in [3.8, 4) is 11.1 Å². The number of ether oxygens (including phenoxy) is 9. The highest BCUT2D eigenvalue weighted by atomic mass is 16.7. The minimum Gasteiger partial charge on any atom is -0.462 e. The maximum atomic E-state index is 15.4. The van der Waals surface area contributed by atoms with Gasteiger partial charge in [-0.15, -0.1) is 0 Å². The molecule has 1 aliphatic carbocycles. The van der Waals surface area contributed by atoms with Gasteiger partial charge in [0.25, 0.3) is 0 Å². The fourth-order valence-corrected chi connectivity index (χ4v) is 14.4. The molecule has 1 amide bonds. The first kappa shape index (κ1) is 88.6. The van der Waals surface area contributed by atoms with E-state index < -0.39 is 259 Å². The number of Topliss-reactive ketones (excluding diaryl/α,β-unsaturated/α-hetero) is 1. The third-order valence-corrected chi connectivity index (χ3v) is 20.9. The average Bonchev–Trinajstić information content (AvgIpc) is 1.71. The summed E-state index contributed by atoms with van der Waals surface area (Å²) in [6.45, 7) is 3.40. The number of aliphatic hydroxyl groups is 18. The number of nitrogens with one attached hydrogen (secondary N) is 1. The Kier molecular flexibility index (Phi) is 34.3. The number of benzene rings is 2. The molecular weight excluding hydrogens is 1430 g/mol. The molecule has 6 aliphatic rings. The normalized spacial score (nSPS) is 38.8. The predicted molar refractivity (Wildman–Crippen MR) is 386 cm³/mol. The van der Waals surface area contributed by atoms with E-state index in [0.717, 1.165) is 22.3 Å².